The van der Waals surface area contributed by atoms with E-state index < -0.39 is 34.7 Å². The number of nitrogens with zero attached hydrogens (tertiary/aromatic N) is 3. The Balaban J connectivity index is 0.000000380. The van der Waals surface area contributed by atoms with Gasteiger partial charge < -0.3 is 40.9 Å². The second-order valence-corrected chi connectivity index (χ2v) is 14.8. The zero-order valence-corrected chi connectivity index (χ0v) is 32.1. The highest BCUT2D eigenvalue weighted by molar-refractivity contribution is 6.37. The normalized spacial score (nSPS) is 21.1. The Labute approximate surface area is 321 Å². The third-order valence-corrected chi connectivity index (χ3v) is 11.3. The molecule has 2 amide bonds. The molecule has 2 aliphatic heterocycles. The summed E-state index contributed by atoms with van der Waals surface area (Å²) in [6.07, 6.45) is 0.886. The first-order valence-corrected chi connectivity index (χ1v) is 17.9. The van der Waals surface area contributed by atoms with E-state index in [4.69, 9.17) is 14.9 Å². The lowest BCUT2D eigenvalue weighted by Gasteiger charge is -2.36. The minimum atomic E-state index is -0.921. The minimum Gasteiger partial charge on any atom is -0.481 e. The van der Waals surface area contributed by atoms with Crippen LogP contribution in [0.2, 0.25) is 0 Å². The molecule has 6 N–H and O–H groups in total. The summed E-state index contributed by atoms with van der Waals surface area (Å²) < 4.78 is 4.82. The number of amides is 2. The molecule has 3 aliphatic rings. The van der Waals surface area contributed by atoms with E-state index >= 15 is 0 Å². The van der Waals surface area contributed by atoms with Crippen LogP contribution < -0.4 is 15.5 Å². The van der Waals surface area contributed by atoms with E-state index in [9.17, 15) is 24.0 Å². The van der Waals surface area contributed by atoms with E-state index in [1.54, 1.807) is 50.9 Å². The van der Waals surface area contributed by atoms with Gasteiger partial charge >= 0.3 is 17.9 Å². The van der Waals surface area contributed by atoms with Crippen LogP contribution >= 0.6 is 0 Å². The number of carboxylic acid groups (broad SMARTS) is 2. The number of esters is 1. The van der Waals surface area contributed by atoms with Crippen molar-refractivity contribution in [1.82, 2.24) is 9.80 Å². The minimum absolute atomic E-state index is 0. The van der Waals surface area contributed by atoms with Crippen LogP contribution in [-0.4, -0.2) is 109 Å². The SMILES string of the molecule is CC1(C(=O)O)CCC(C(=O)O)C1(C)C.COC(=O)c1ccc2c(c1)NC(=O)C2=C(Nc1ccc(N(C)C(=O)CN2CCN(C)CC2)cc1)c1ccccc1.O. The quantitative estimate of drug-likeness (QED) is 0.178. The summed E-state index contributed by atoms with van der Waals surface area (Å²) in [5.74, 6) is -3.03. The molecule has 55 heavy (non-hydrogen) atoms. The van der Waals surface area contributed by atoms with Crippen molar-refractivity contribution in [2.75, 3.05) is 69.5 Å². The summed E-state index contributed by atoms with van der Waals surface area (Å²) in [7, 11) is 5.21. The lowest BCUT2D eigenvalue weighted by atomic mass is 9.66. The highest BCUT2D eigenvalue weighted by atomic mass is 16.5. The lowest BCUT2D eigenvalue weighted by Crippen LogP contribution is -2.48. The molecule has 14 nitrogen and oxygen atoms in total. The van der Waals surface area contributed by atoms with Crippen LogP contribution in [0.3, 0.4) is 0 Å². The topological polar surface area (TPSA) is 200 Å². The van der Waals surface area contributed by atoms with E-state index in [0.717, 1.165) is 43.1 Å². The summed E-state index contributed by atoms with van der Waals surface area (Å²) in [6, 6.07) is 22.2. The van der Waals surface area contributed by atoms with E-state index in [1.807, 2.05) is 54.6 Å². The number of methoxy groups -OCH3 is 1. The maximum atomic E-state index is 13.2. The fraction of sp³-hybridized carbons (Fsp3) is 0.390. The Bertz CT molecular complexity index is 1940. The molecule has 3 aromatic carbocycles. The molecule has 2 heterocycles. The number of anilines is 3. The van der Waals surface area contributed by atoms with E-state index in [1.165, 1.54) is 7.11 Å². The van der Waals surface area contributed by atoms with E-state index in [2.05, 4.69) is 27.5 Å². The van der Waals surface area contributed by atoms with Gasteiger partial charge in [0.05, 0.1) is 47.5 Å². The van der Waals surface area contributed by atoms with Gasteiger partial charge in [-0.3, -0.25) is 24.1 Å². The number of carboxylic acids is 2. The smallest absolute Gasteiger partial charge is 0.337 e. The van der Waals surface area contributed by atoms with Gasteiger partial charge in [-0.1, -0.05) is 50.2 Å². The Morgan fingerprint density at radius 1 is 0.927 bits per heavy atom. The summed E-state index contributed by atoms with van der Waals surface area (Å²) >= 11 is 0. The number of aliphatic carboxylic acids is 2. The van der Waals surface area contributed by atoms with Gasteiger partial charge in [0.2, 0.25) is 5.91 Å². The van der Waals surface area contributed by atoms with Crippen molar-refractivity contribution in [2.45, 2.75) is 33.6 Å². The Hall–Kier alpha value is -5.57. The van der Waals surface area contributed by atoms with Gasteiger partial charge in [-0.05, 0) is 74.2 Å². The standard InChI is InChI=1S/C31H33N5O4.C10H16O4.H2O/c1-34-15-17-36(18-16-34)20-27(37)35(2)24-12-10-23(11-13-24)32-29(21-7-5-4-6-8-21)28-25-14-9-22(31(39)40-3)19-26(25)33-30(28)38;1-9(2)6(7(11)12)4-5-10(9,3)8(13)14;/h4-14,19,32H,15-18,20H2,1-3H3,(H,33,38);6H,4-5H2,1-3H3,(H,11,12)(H,13,14);1H2. The predicted octanol–water partition coefficient (Wildman–Crippen LogP) is 4.39. The maximum Gasteiger partial charge on any atom is 0.337 e. The number of hydrogen-bond acceptors (Lipinski definition) is 9. The molecule has 3 aromatic rings. The van der Waals surface area contributed by atoms with E-state index in [0.29, 0.717) is 47.5 Å². The lowest BCUT2D eigenvalue weighted by molar-refractivity contribution is -0.157. The van der Waals surface area contributed by atoms with Gasteiger partial charge in [0.1, 0.15) is 0 Å². The van der Waals surface area contributed by atoms with Gasteiger partial charge in [-0.25, -0.2) is 4.79 Å². The monoisotopic (exact) mass is 757 g/mol. The zero-order valence-electron chi connectivity index (χ0n) is 32.1. The fourth-order valence-electron chi connectivity index (χ4n) is 7.22. The van der Waals surface area contributed by atoms with Gasteiger partial charge in [-0.2, -0.15) is 0 Å². The second kappa shape index (κ2) is 17.3. The van der Waals surface area contributed by atoms with Crippen LogP contribution in [0, 0.1) is 16.7 Å². The van der Waals surface area contributed by atoms with Crippen molar-refractivity contribution in [1.29, 1.82) is 0 Å². The molecule has 1 saturated carbocycles. The average Bonchev–Trinajstić information content (AvgIpc) is 3.62. The molecule has 14 heteroatoms. The highest BCUT2D eigenvalue weighted by Crippen LogP contribution is 2.56. The molecule has 0 spiro atoms. The number of rotatable bonds is 9. The van der Waals surface area contributed by atoms with Crippen molar-refractivity contribution in [3.63, 3.8) is 0 Å². The Morgan fingerprint density at radius 2 is 1.56 bits per heavy atom. The molecule has 0 radical (unpaired) electrons. The summed E-state index contributed by atoms with van der Waals surface area (Å²) in [5, 5.41) is 24.4. The molecular weight excluding hydrogens is 706 g/mol. The van der Waals surface area contributed by atoms with Crippen LogP contribution in [0.5, 0.6) is 0 Å². The largest absolute Gasteiger partial charge is 0.481 e. The van der Waals surface area contributed by atoms with Gasteiger partial charge in [-0.15, -0.1) is 0 Å². The number of piperazine rings is 1. The van der Waals surface area contributed by atoms with Crippen molar-refractivity contribution in [3.8, 4) is 0 Å². The van der Waals surface area contributed by atoms with E-state index in [-0.39, 0.29) is 17.3 Å². The van der Waals surface area contributed by atoms with Crippen molar-refractivity contribution >= 4 is 58.1 Å². The van der Waals surface area contributed by atoms with Crippen molar-refractivity contribution in [2.24, 2.45) is 16.7 Å². The van der Waals surface area contributed by atoms with Gasteiger partial charge in [0.15, 0.2) is 0 Å². The molecule has 2 fully saturated rings. The van der Waals surface area contributed by atoms with Crippen LogP contribution in [0.25, 0.3) is 11.3 Å². The molecular formula is C41H51N5O9. The van der Waals surface area contributed by atoms with Crippen molar-refractivity contribution in [3.05, 3.63) is 89.5 Å². The first kappa shape index (κ1) is 42.2. The molecule has 6 rings (SSSR count). The zero-order chi connectivity index (χ0) is 39.4. The number of fused-ring (bicyclic) bond motifs is 1. The molecule has 1 saturated heterocycles. The predicted molar refractivity (Wildman–Crippen MR) is 211 cm³/mol. The average molecular weight is 758 g/mol. The first-order valence-electron chi connectivity index (χ1n) is 17.9. The number of ether oxygens (including phenoxy) is 1. The van der Waals surface area contributed by atoms with Crippen LogP contribution in [0.4, 0.5) is 17.1 Å². The third kappa shape index (κ3) is 8.88. The second-order valence-electron chi connectivity index (χ2n) is 14.8. The van der Waals surface area contributed by atoms with Crippen molar-refractivity contribution < 1.29 is 44.4 Å². The molecule has 2 atom stereocenters. The summed E-state index contributed by atoms with van der Waals surface area (Å²) in [5.41, 5.74) is 3.49. The van der Waals surface area contributed by atoms with Gasteiger partial charge in [0, 0.05) is 50.2 Å². The van der Waals surface area contributed by atoms with Crippen LogP contribution in [-0.2, 0) is 23.9 Å². The molecule has 2 unspecified atom stereocenters. The number of likely N-dealkylation sites (N-methyl/N-ethyl adjacent to an activating group) is 2. The highest BCUT2D eigenvalue weighted by Gasteiger charge is 2.58. The summed E-state index contributed by atoms with van der Waals surface area (Å²) in [6.45, 7) is 9.18. The number of benzene rings is 3. The third-order valence-electron chi connectivity index (χ3n) is 11.3. The number of hydrogen-bond donors (Lipinski definition) is 4. The number of nitrogens with one attached hydrogen (secondary N) is 2. The molecule has 294 valence electrons. The molecule has 0 bridgehead atoms. The Morgan fingerprint density at radius 3 is 2.11 bits per heavy atom. The Kier molecular flexibility index (Phi) is 13.2. The fourth-order valence-corrected chi connectivity index (χ4v) is 7.22. The molecule has 1 aliphatic carbocycles. The maximum absolute atomic E-state index is 13.2. The van der Waals surface area contributed by atoms with Crippen LogP contribution in [0.15, 0.2) is 72.8 Å². The van der Waals surface area contributed by atoms with Gasteiger partial charge in [0.25, 0.3) is 5.91 Å². The first-order chi connectivity index (χ1) is 25.6. The van der Waals surface area contributed by atoms with Crippen LogP contribution in [0.1, 0.15) is 55.1 Å². The number of carbonyl (C=O) groups excluding carboxylic acids is 3. The summed E-state index contributed by atoms with van der Waals surface area (Å²) in [4.78, 5) is 66.3. The molecule has 0 aromatic heterocycles. The number of carbonyl (C=O) groups is 5.